The minimum absolute atomic E-state index is 0.0340. The Morgan fingerprint density at radius 3 is 2.03 bits per heavy atom. The van der Waals surface area contributed by atoms with Gasteiger partial charge in [-0.05, 0) is 64.7 Å². The summed E-state index contributed by atoms with van der Waals surface area (Å²) in [4.78, 5) is 41.1. The van der Waals surface area contributed by atoms with Crippen molar-refractivity contribution in [2.24, 2.45) is 11.8 Å². The van der Waals surface area contributed by atoms with Crippen LogP contribution in [0.4, 0.5) is 13.6 Å². The van der Waals surface area contributed by atoms with E-state index in [0.717, 1.165) is 18.2 Å². The molecule has 0 aliphatic carbocycles. The number of ketones is 1. The molecule has 1 aromatic rings. The molecule has 2 aliphatic heterocycles. The van der Waals surface area contributed by atoms with Crippen LogP contribution in [0.1, 0.15) is 56.8 Å². The van der Waals surface area contributed by atoms with Gasteiger partial charge in [0, 0.05) is 38.0 Å². The van der Waals surface area contributed by atoms with Gasteiger partial charge in [0.15, 0.2) is 5.78 Å². The highest BCUT2D eigenvalue weighted by Crippen LogP contribution is 2.27. The quantitative estimate of drug-likeness (QED) is 0.671. The molecule has 1 aromatic carbocycles. The lowest BCUT2D eigenvalue weighted by atomic mass is 9.87. The summed E-state index contributed by atoms with van der Waals surface area (Å²) in [5, 5.41) is 0. The minimum Gasteiger partial charge on any atom is -0.444 e. The lowest BCUT2D eigenvalue weighted by molar-refractivity contribution is -0.138. The summed E-state index contributed by atoms with van der Waals surface area (Å²) in [5.41, 5.74) is -0.778. The first-order valence-corrected chi connectivity index (χ1v) is 10.8. The smallest absolute Gasteiger partial charge is 0.410 e. The SMILES string of the molecule is CC(C)(C)OC(=O)N1CCC(C(=O)N2CCC(C(=O)c3cc(F)ccc3F)CC2)CC1. The second-order valence-corrected chi connectivity index (χ2v) is 9.33. The van der Waals surface area contributed by atoms with Crippen LogP contribution in [-0.4, -0.2) is 59.4 Å². The third-order valence-corrected chi connectivity index (χ3v) is 5.87. The van der Waals surface area contributed by atoms with Gasteiger partial charge in [-0.1, -0.05) is 0 Å². The maximum absolute atomic E-state index is 13.9. The van der Waals surface area contributed by atoms with Gasteiger partial charge in [0.1, 0.15) is 17.2 Å². The first kappa shape index (κ1) is 23.2. The molecule has 2 saturated heterocycles. The molecule has 2 fully saturated rings. The second-order valence-electron chi connectivity index (χ2n) is 9.33. The second kappa shape index (κ2) is 9.32. The van der Waals surface area contributed by atoms with Crippen LogP contribution in [0, 0.1) is 23.5 Å². The summed E-state index contributed by atoms with van der Waals surface area (Å²) in [7, 11) is 0. The number of benzene rings is 1. The normalized spacial score (nSPS) is 18.7. The number of likely N-dealkylation sites (tertiary alicyclic amines) is 2. The highest BCUT2D eigenvalue weighted by Gasteiger charge is 2.35. The lowest BCUT2D eigenvalue weighted by Crippen LogP contribution is -2.48. The zero-order valence-electron chi connectivity index (χ0n) is 18.3. The van der Waals surface area contributed by atoms with Gasteiger partial charge in [-0.2, -0.15) is 0 Å². The number of nitrogens with zero attached hydrogens (tertiary/aromatic N) is 2. The Labute approximate surface area is 181 Å². The summed E-state index contributed by atoms with van der Waals surface area (Å²) in [5.74, 6) is -2.32. The van der Waals surface area contributed by atoms with E-state index in [1.807, 2.05) is 20.8 Å². The van der Waals surface area contributed by atoms with Crippen LogP contribution in [0.15, 0.2) is 18.2 Å². The van der Waals surface area contributed by atoms with E-state index in [4.69, 9.17) is 4.74 Å². The molecule has 2 amide bonds. The van der Waals surface area contributed by atoms with E-state index in [1.165, 1.54) is 0 Å². The van der Waals surface area contributed by atoms with E-state index in [1.54, 1.807) is 9.80 Å². The summed E-state index contributed by atoms with van der Waals surface area (Å²) in [6.45, 7) is 7.23. The van der Waals surface area contributed by atoms with E-state index in [0.29, 0.717) is 51.9 Å². The predicted molar refractivity (Wildman–Crippen MR) is 111 cm³/mol. The standard InChI is InChI=1S/C23H30F2N2O4/c1-23(2,3)31-22(30)27-12-8-16(9-13-27)21(29)26-10-6-15(7-11-26)20(28)18-14-17(24)4-5-19(18)25/h4-5,14-16H,6-13H2,1-3H3. The van der Waals surface area contributed by atoms with Crippen LogP contribution in [0.3, 0.4) is 0 Å². The largest absolute Gasteiger partial charge is 0.444 e. The van der Waals surface area contributed by atoms with Crippen molar-refractivity contribution < 1.29 is 27.9 Å². The van der Waals surface area contributed by atoms with Gasteiger partial charge in [-0.15, -0.1) is 0 Å². The fourth-order valence-corrected chi connectivity index (χ4v) is 4.16. The van der Waals surface area contributed by atoms with Gasteiger partial charge in [0.25, 0.3) is 0 Å². The first-order valence-electron chi connectivity index (χ1n) is 10.8. The fourth-order valence-electron chi connectivity index (χ4n) is 4.16. The van der Waals surface area contributed by atoms with Gasteiger partial charge in [0.2, 0.25) is 5.91 Å². The number of ether oxygens (including phenoxy) is 1. The van der Waals surface area contributed by atoms with Gasteiger partial charge in [0.05, 0.1) is 5.56 Å². The Morgan fingerprint density at radius 2 is 1.45 bits per heavy atom. The third kappa shape index (κ3) is 5.80. The number of piperidine rings is 2. The lowest BCUT2D eigenvalue weighted by Gasteiger charge is -2.37. The molecule has 0 aromatic heterocycles. The molecule has 0 bridgehead atoms. The van der Waals surface area contributed by atoms with Crippen molar-refractivity contribution in [3.05, 3.63) is 35.4 Å². The van der Waals surface area contributed by atoms with E-state index >= 15 is 0 Å². The van der Waals surface area contributed by atoms with Crippen LogP contribution < -0.4 is 0 Å². The fraction of sp³-hybridized carbons (Fsp3) is 0.609. The Bertz CT molecular complexity index is 836. The first-order chi connectivity index (χ1) is 14.5. The summed E-state index contributed by atoms with van der Waals surface area (Å²) in [6.07, 6.45) is 1.65. The Kier molecular flexibility index (Phi) is 6.96. The number of carbonyl (C=O) groups excluding carboxylic acids is 3. The number of rotatable bonds is 3. The van der Waals surface area contributed by atoms with Crippen LogP contribution >= 0.6 is 0 Å². The minimum atomic E-state index is -0.721. The molecule has 0 radical (unpaired) electrons. The highest BCUT2D eigenvalue weighted by atomic mass is 19.1. The van der Waals surface area contributed by atoms with Crippen LogP contribution in [0.2, 0.25) is 0 Å². The van der Waals surface area contributed by atoms with E-state index in [-0.39, 0.29) is 23.5 Å². The molecule has 3 rings (SSSR count). The van der Waals surface area contributed by atoms with Crippen LogP contribution in [0.25, 0.3) is 0 Å². The highest BCUT2D eigenvalue weighted by molar-refractivity contribution is 5.98. The monoisotopic (exact) mass is 436 g/mol. The molecule has 2 heterocycles. The van der Waals surface area contributed by atoms with Crippen LogP contribution in [-0.2, 0) is 9.53 Å². The predicted octanol–water partition coefficient (Wildman–Crippen LogP) is 4.03. The van der Waals surface area contributed by atoms with Crippen molar-refractivity contribution in [1.29, 1.82) is 0 Å². The molecular weight excluding hydrogens is 406 g/mol. The Hall–Kier alpha value is -2.51. The maximum atomic E-state index is 13.9. The molecule has 0 N–H and O–H groups in total. The number of amides is 2. The zero-order chi connectivity index (χ0) is 22.8. The van der Waals surface area contributed by atoms with E-state index in [2.05, 4.69) is 0 Å². The summed E-state index contributed by atoms with van der Waals surface area (Å²) in [6, 6.07) is 2.89. The molecule has 0 saturated carbocycles. The molecule has 0 spiro atoms. The molecule has 0 unspecified atom stereocenters. The van der Waals surface area contributed by atoms with Crippen LogP contribution in [0.5, 0.6) is 0 Å². The van der Waals surface area contributed by atoms with Gasteiger partial charge in [-0.3, -0.25) is 9.59 Å². The Morgan fingerprint density at radius 1 is 0.903 bits per heavy atom. The average Bonchev–Trinajstić information content (AvgIpc) is 2.73. The third-order valence-electron chi connectivity index (χ3n) is 5.87. The van der Waals surface area contributed by atoms with Crippen molar-refractivity contribution in [3.8, 4) is 0 Å². The number of hydrogen-bond donors (Lipinski definition) is 0. The van der Waals surface area contributed by atoms with Crippen molar-refractivity contribution >= 4 is 17.8 Å². The molecule has 6 nitrogen and oxygen atoms in total. The molecular formula is C23H30F2N2O4. The van der Waals surface area contributed by atoms with Gasteiger partial charge >= 0.3 is 6.09 Å². The number of halogens is 2. The molecule has 2 aliphatic rings. The zero-order valence-corrected chi connectivity index (χ0v) is 18.3. The molecule has 31 heavy (non-hydrogen) atoms. The van der Waals surface area contributed by atoms with Gasteiger partial charge < -0.3 is 14.5 Å². The van der Waals surface area contributed by atoms with Gasteiger partial charge in [-0.25, -0.2) is 13.6 Å². The van der Waals surface area contributed by atoms with E-state index < -0.39 is 28.9 Å². The molecule has 8 heteroatoms. The van der Waals surface area contributed by atoms with Crippen molar-refractivity contribution in [2.45, 2.75) is 52.1 Å². The average molecular weight is 436 g/mol. The number of Topliss-reactive ketones (excluding diaryl/α,β-unsaturated/α-hetero) is 1. The maximum Gasteiger partial charge on any atom is 0.410 e. The van der Waals surface area contributed by atoms with Crippen molar-refractivity contribution in [2.75, 3.05) is 26.2 Å². The summed E-state index contributed by atoms with van der Waals surface area (Å²) >= 11 is 0. The number of hydrogen-bond acceptors (Lipinski definition) is 4. The van der Waals surface area contributed by atoms with Crippen molar-refractivity contribution in [1.82, 2.24) is 9.80 Å². The summed E-state index contributed by atoms with van der Waals surface area (Å²) < 4.78 is 32.7. The Balaban J connectivity index is 1.49. The molecule has 170 valence electrons. The van der Waals surface area contributed by atoms with Crippen molar-refractivity contribution in [3.63, 3.8) is 0 Å². The number of carbonyl (C=O) groups is 3. The van der Waals surface area contributed by atoms with E-state index in [9.17, 15) is 23.2 Å². The molecule has 0 atom stereocenters. The topological polar surface area (TPSA) is 66.9 Å².